The smallest absolute Gasteiger partial charge is 0.161 e. The molecule has 1 aliphatic heterocycles. The summed E-state index contributed by atoms with van der Waals surface area (Å²) in [6, 6.07) is 10.7. The number of furan rings is 1. The number of rotatable bonds is 5. The average Bonchev–Trinajstić information content (AvgIpc) is 3.29. The summed E-state index contributed by atoms with van der Waals surface area (Å²) in [5.41, 5.74) is 1.27. The molecule has 0 amide bonds. The van der Waals surface area contributed by atoms with Gasteiger partial charge in [0.1, 0.15) is 24.7 Å². The highest BCUT2D eigenvalue weighted by molar-refractivity contribution is 5.45. The van der Waals surface area contributed by atoms with Crippen molar-refractivity contribution in [3.63, 3.8) is 0 Å². The first-order valence-corrected chi connectivity index (χ1v) is 7.98. The van der Waals surface area contributed by atoms with Crippen LogP contribution in [0.4, 0.5) is 0 Å². The predicted molar refractivity (Wildman–Crippen MR) is 83.2 cm³/mol. The van der Waals surface area contributed by atoms with Crippen molar-refractivity contribution in [2.24, 2.45) is 5.92 Å². The van der Waals surface area contributed by atoms with Crippen LogP contribution in [0.2, 0.25) is 0 Å². The normalized spacial score (nSPS) is 18.2. The number of fused-ring (bicyclic) bond motifs is 1. The lowest BCUT2D eigenvalue weighted by atomic mass is 10.0. The van der Waals surface area contributed by atoms with Gasteiger partial charge in [-0.05, 0) is 55.5 Å². The fourth-order valence-electron chi connectivity index (χ4n) is 3.03. The van der Waals surface area contributed by atoms with Crippen LogP contribution in [-0.2, 0) is 6.54 Å². The van der Waals surface area contributed by atoms with Gasteiger partial charge in [-0.3, -0.25) is 0 Å². The van der Waals surface area contributed by atoms with Crippen LogP contribution in [0.25, 0.3) is 0 Å². The van der Waals surface area contributed by atoms with Crippen LogP contribution in [0.1, 0.15) is 36.0 Å². The van der Waals surface area contributed by atoms with Gasteiger partial charge in [0.2, 0.25) is 0 Å². The van der Waals surface area contributed by atoms with E-state index in [0.717, 1.165) is 29.6 Å². The van der Waals surface area contributed by atoms with Crippen LogP contribution in [-0.4, -0.2) is 13.2 Å². The summed E-state index contributed by atoms with van der Waals surface area (Å²) in [5, 5.41) is 3.64. The van der Waals surface area contributed by atoms with Crippen molar-refractivity contribution in [3.8, 4) is 11.5 Å². The molecule has 2 aliphatic rings. The molecule has 1 atom stereocenters. The molecule has 0 radical (unpaired) electrons. The molecule has 22 heavy (non-hydrogen) atoms. The summed E-state index contributed by atoms with van der Waals surface area (Å²) >= 11 is 0. The molecule has 1 N–H and O–H groups in total. The van der Waals surface area contributed by atoms with E-state index >= 15 is 0 Å². The van der Waals surface area contributed by atoms with Crippen molar-refractivity contribution in [1.82, 2.24) is 5.32 Å². The van der Waals surface area contributed by atoms with Gasteiger partial charge in [-0.25, -0.2) is 0 Å². The minimum Gasteiger partial charge on any atom is -0.486 e. The fourth-order valence-corrected chi connectivity index (χ4v) is 3.03. The lowest BCUT2D eigenvalue weighted by molar-refractivity contribution is 0.171. The maximum atomic E-state index is 5.71. The molecule has 1 aromatic heterocycles. The predicted octanol–water partition coefficient (Wildman–Crippen LogP) is 3.60. The molecule has 1 aromatic carbocycles. The van der Waals surface area contributed by atoms with Crippen molar-refractivity contribution in [3.05, 3.63) is 47.4 Å². The van der Waals surface area contributed by atoms with Crippen molar-refractivity contribution >= 4 is 0 Å². The maximum Gasteiger partial charge on any atom is 0.161 e. The summed E-state index contributed by atoms with van der Waals surface area (Å²) in [5.74, 6) is 4.37. The van der Waals surface area contributed by atoms with Crippen LogP contribution in [0.3, 0.4) is 0 Å². The molecular weight excluding hydrogens is 278 g/mol. The second-order valence-electron chi connectivity index (χ2n) is 6.11. The minimum absolute atomic E-state index is 0.348. The molecule has 0 bridgehead atoms. The molecule has 4 rings (SSSR count). The zero-order valence-corrected chi connectivity index (χ0v) is 12.8. The van der Waals surface area contributed by atoms with Crippen LogP contribution >= 0.6 is 0 Å². The first-order valence-electron chi connectivity index (χ1n) is 7.98. The van der Waals surface area contributed by atoms with Gasteiger partial charge in [-0.15, -0.1) is 0 Å². The van der Waals surface area contributed by atoms with Gasteiger partial charge in [-0.2, -0.15) is 0 Å². The van der Waals surface area contributed by atoms with Crippen molar-refractivity contribution in [2.45, 2.75) is 32.4 Å². The molecule has 2 aromatic rings. The molecule has 2 heterocycles. The van der Waals surface area contributed by atoms with Gasteiger partial charge in [0.05, 0.1) is 6.54 Å². The Labute approximate surface area is 130 Å². The second-order valence-corrected chi connectivity index (χ2v) is 6.11. The first-order chi connectivity index (χ1) is 10.8. The van der Waals surface area contributed by atoms with E-state index in [4.69, 9.17) is 13.9 Å². The Balaban J connectivity index is 1.51. The van der Waals surface area contributed by atoms with E-state index in [9.17, 15) is 0 Å². The summed E-state index contributed by atoms with van der Waals surface area (Å²) in [4.78, 5) is 0. The van der Waals surface area contributed by atoms with Gasteiger partial charge in [0.15, 0.2) is 11.5 Å². The average molecular weight is 299 g/mol. The number of aryl methyl sites for hydroxylation is 1. The molecular formula is C18H21NO3. The Morgan fingerprint density at radius 2 is 1.91 bits per heavy atom. The van der Waals surface area contributed by atoms with E-state index in [1.54, 1.807) is 0 Å². The quantitative estimate of drug-likeness (QED) is 0.916. The van der Waals surface area contributed by atoms with Crippen LogP contribution in [0, 0.1) is 12.8 Å². The van der Waals surface area contributed by atoms with Gasteiger partial charge >= 0.3 is 0 Å². The van der Waals surface area contributed by atoms with Gasteiger partial charge in [0.25, 0.3) is 0 Å². The molecule has 0 saturated heterocycles. The molecule has 4 nitrogen and oxygen atoms in total. The molecule has 1 saturated carbocycles. The third-order valence-electron chi connectivity index (χ3n) is 4.31. The summed E-state index contributed by atoms with van der Waals surface area (Å²) in [7, 11) is 0. The van der Waals surface area contributed by atoms with E-state index in [1.165, 1.54) is 18.4 Å². The summed E-state index contributed by atoms with van der Waals surface area (Å²) < 4.78 is 17.0. The molecule has 0 spiro atoms. The second kappa shape index (κ2) is 5.69. The summed E-state index contributed by atoms with van der Waals surface area (Å²) in [6.07, 6.45) is 2.56. The third-order valence-corrected chi connectivity index (χ3v) is 4.31. The molecule has 1 aliphatic carbocycles. The van der Waals surface area contributed by atoms with Gasteiger partial charge in [0, 0.05) is 6.04 Å². The Morgan fingerprint density at radius 1 is 1.09 bits per heavy atom. The largest absolute Gasteiger partial charge is 0.486 e. The topological polar surface area (TPSA) is 43.6 Å². The number of benzene rings is 1. The molecule has 116 valence electrons. The van der Waals surface area contributed by atoms with Crippen molar-refractivity contribution < 1.29 is 13.9 Å². The zero-order chi connectivity index (χ0) is 14.9. The summed E-state index contributed by atoms with van der Waals surface area (Å²) in [6.45, 7) is 3.99. The lowest BCUT2D eigenvalue weighted by Crippen LogP contribution is -2.23. The van der Waals surface area contributed by atoms with Crippen molar-refractivity contribution in [2.75, 3.05) is 13.2 Å². The van der Waals surface area contributed by atoms with Gasteiger partial charge in [-0.1, -0.05) is 6.07 Å². The first kappa shape index (κ1) is 13.7. The van der Waals surface area contributed by atoms with Crippen LogP contribution in [0.15, 0.2) is 34.7 Å². The maximum absolute atomic E-state index is 5.71. The van der Waals surface area contributed by atoms with Crippen molar-refractivity contribution in [1.29, 1.82) is 0 Å². The number of hydrogen-bond acceptors (Lipinski definition) is 4. The Kier molecular flexibility index (Phi) is 3.54. The fraction of sp³-hybridized carbons (Fsp3) is 0.444. The van der Waals surface area contributed by atoms with Crippen LogP contribution in [0.5, 0.6) is 11.5 Å². The number of ether oxygens (including phenoxy) is 2. The Bertz CT molecular complexity index is 660. The number of nitrogens with one attached hydrogen (secondary N) is 1. The third kappa shape index (κ3) is 2.83. The SMILES string of the molecule is Cc1ccc(CNC(c2ccc3c(c2)OCCO3)C2CC2)o1. The number of hydrogen-bond donors (Lipinski definition) is 1. The highest BCUT2D eigenvalue weighted by Crippen LogP contribution is 2.43. The van der Waals surface area contributed by atoms with Crippen LogP contribution < -0.4 is 14.8 Å². The standard InChI is InChI=1S/C18H21NO3/c1-12-2-6-15(22-12)11-19-18(13-3-4-13)14-5-7-16-17(10-14)21-9-8-20-16/h2,5-7,10,13,18-19H,3-4,8-9,11H2,1H3. The Morgan fingerprint density at radius 3 is 2.64 bits per heavy atom. The Hall–Kier alpha value is -1.94. The monoisotopic (exact) mass is 299 g/mol. The highest BCUT2D eigenvalue weighted by atomic mass is 16.6. The molecule has 4 heteroatoms. The van der Waals surface area contributed by atoms with E-state index in [1.807, 2.05) is 25.1 Å². The lowest BCUT2D eigenvalue weighted by Gasteiger charge is -2.22. The molecule has 1 unspecified atom stereocenters. The van der Waals surface area contributed by atoms with Gasteiger partial charge < -0.3 is 19.2 Å². The van der Waals surface area contributed by atoms with E-state index in [0.29, 0.717) is 25.2 Å². The van der Waals surface area contributed by atoms with E-state index < -0.39 is 0 Å². The van der Waals surface area contributed by atoms with E-state index in [2.05, 4.69) is 17.4 Å². The zero-order valence-electron chi connectivity index (χ0n) is 12.8. The molecule has 1 fully saturated rings. The highest BCUT2D eigenvalue weighted by Gasteiger charge is 2.32. The van der Waals surface area contributed by atoms with E-state index in [-0.39, 0.29) is 0 Å². The minimum atomic E-state index is 0.348.